The molecular formula is C19H25N3O3. The number of likely N-dealkylation sites (tertiary alicyclic amines) is 1. The van der Waals surface area contributed by atoms with Gasteiger partial charge in [0.2, 0.25) is 17.7 Å². The van der Waals surface area contributed by atoms with Gasteiger partial charge in [0.1, 0.15) is 0 Å². The monoisotopic (exact) mass is 343 g/mol. The molecule has 3 amide bonds. The Morgan fingerprint density at radius 3 is 2.28 bits per heavy atom. The van der Waals surface area contributed by atoms with E-state index in [1.807, 2.05) is 17.0 Å². The van der Waals surface area contributed by atoms with Crippen LogP contribution in [-0.2, 0) is 14.4 Å². The Balaban J connectivity index is 1.65. The highest BCUT2D eigenvalue weighted by Crippen LogP contribution is 2.28. The molecule has 0 spiro atoms. The summed E-state index contributed by atoms with van der Waals surface area (Å²) in [4.78, 5) is 39.8. The van der Waals surface area contributed by atoms with Gasteiger partial charge in [-0.1, -0.05) is 12.8 Å². The molecule has 2 saturated heterocycles. The lowest BCUT2D eigenvalue weighted by molar-refractivity contribution is -0.135. The van der Waals surface area contributed by atoms with Crippen molar-refractivity contribution in [1.82, 2.24) is 4.90 Å². The zero-order chi connectivity index (χ0) is 17.8. The van der Waals surface area contributed by atoms with E-state index in [4.69, 9.17) is 0 Å². The zero-order valence-corrected chi connectivity index (χ0v) is 14.7. The lowest BCUT2D eigenvalue weighted by atomic mass is 10.1. The maximum Gasteiger partial charge on any atom is 0.228 e. The molecule has 1 aromatic carbocycles. The summed E-state index contributed by atoms with van der Waals surface area (Å²) >= 11 is 0. The molecule has 2 aliphatic rings. The number of rotatable bonds is 3. The molecule has 2 aliphatic heterocycles. The fourth-order valence-electron chi connectivity index (χ4n) is 3.60. The van der Waals surface area contributed by atoms with Crippen molar-refractivity contribution in [3.63, 3.8) is 0 Å². The molecular weight excluding hydrogens is 318 g/mol. The van der Waals surface area contributed by atoms with Gasteiger partial charge in [0, 0.05) is 44.4 Å². The lowest BCUT2D eigenvalue weighted by Gasteiger charge is -2.24. The van der Waals surface area contributed by atoms with E-state index in [0.717, 1.165) is 31.6 Å². The number of anilines is 2. The number of carbonyl (C=O) groups excluding carboxylic acids is 3. The molecule has 134 valence electrons. The van der Waals surface area contributed by atoms with Crippen molar-refractivity contribution in [3.8, 4) is 0 Å². The maximum absolute atomic E-state index is 12.8. The van der Waals surface area contributed by atoms with Gasteiger partial charge in [-0.2, -0.15) is 0 Å². The summed E-state index contributed by atoms with van der Waals surface area (Å²) in [5.74, 6) is -0.276. The van der Waals surface area contributed by atoms with Crippen LogP contribution in [0.4, 0.5) is 11.4 Å². The first kappa shape index (κ1) is 17.5. The predicted octanol–water partition coefficient (Wildman–Crippen LogP) is 2.40. The summed E-state index contributed by atoms with van der Waals surface area (Å²) in [6, 6.07) is 7.16. The van der Waals surface area contributed by atoms with E-state index in [9.17, 15) is 14.4 Å². The molecule has 2 fully saturated rings. The molecule has 0 aliphatic carbocycles. The quantitative estimate of drug-likeness (QED) is 0.916. The minimum absolute atomic E-state index is 0.0135. The molecule has 2 heterocycles. The Kier molecular flexibility index (Phi) is 5.36. The number of hydrogen-bond donors (Lipinski definition) is 1. The van der Waals surface area contributed by atoms with Gasteiger partial charge in [0.15, 0.2) is 0 Å². The van der Waals surface area contributed by atoms with Crippen LogP contribution in [0.1, 0.15) is 39.0 Å². The van der Waals surface area contributed by atoms with Crippen molar-refractivity contribution in [1.29, 1.82) is 0 Å². The third kappa shape index (κ3) is 4.18. The second-order valence-electron chi connectivity index (χ2n) is 6.87. The zero-order valence-electron chi connectivity index (χ0n) is 14.7. The largest absolute Gasteiger partial charge is 0.342 e. The highest BCUT2D eigenvalue weighted by atomic mass is 16.2. The van der Waals surface area contributed by atoms with E-state index in [-0.39, 0.29) is 30.1 Å². The van der Waals surface area contributed by atoms with Crippen LogP contribution in [0.25, 0.3) is 0 Å². The van der Waals surface area contributed by atoms with Crippen molar-refractivity contribution >= 4 is 29.1 Å². The molecule has 3 rings (SSSR count). The van der Waals surface area contributed by atoms with Crippen LogP contribution >= 0.6 is 0 Å². The highest BCUT2D eigenvalue weighted by Gasteiger charge is 2.37. The number of benzene rings is 1. The standard InChI is InChI=1S/C19H25N3O3/c1-14(23)20-16-6-8-17(9-7-16)22-13-15(12-18(22)24)19(25)21-10-4-2-3-5-11-21/h6-9,15H,2-5,10-13H2,1H3,(H,20,23). The second-order valence-corrected chi connectivity index (χ2v) is 6.87. The fraction of sp³-hybridized carbons (Fsp3) is 0.526. The molecule has 0 bridgehead atoms. The van der Waals surface area contributed by atoms with Gasteiger partial charge in [-0.15, -0.1) is 0 Å². The van der Waals surface area contributed by atoms with Crippen molar-refractivity contribution in [2.45, 2.75) is 39.0 Å². The Labute approximate surface area is 148 Å². The van der Waals surface area contributed by atoms with E-state index in [1.165, 1.54) is 19.8 Å². The Hall–Kier alpha value is -2.37. The average Bonchev–Trinajstić information content (AvgIpc) is 2.80. The van der Waals surface area contributed by atoms with Crippen LogP contribution in [0, 0.1) is 5.92 Å². The molecule has 1 aromatic rings. The lowest BCUT2D eigenvalue weighted by Crippen LogP contribution is -2.38. The van der Waals surface area contributed by atoms with Gasteiger partial charge < -0.3 is 15.1 Å². The van der Waals surface area contributed by atoms with Gasteiger partial charge in [-0.3, -0.25) is 14.4 Å². The summed E-state index contributed by atoms with van der Waals surface area (Å²) in [7, 11) is 0. The first-order valence-electron chi connectivity index (χ1n) is 9.01. The van der Waals surface area contributed by atoms with Crippen LogP contribution < -0.4 is 10.2 Å². The minimum atomic E-state index is -0.249. The van der Waals surface area contributed by atoms with Gasteiger partial charge in [0.05, 0.1) is 5.92 Å². The Morgan fingerprint density at radius 1 is 1.04 bits per heavy atom. The number of nitrogens with one attached hydrogen (secondary N) is 1. The minimum Gasteiger partial charge on any atom is -0.342 e. The predicted molar refractivity (Wildman–Crippen MR) is 96.3 cm³/mol. The number of amides is 3. The summed E-state index contributed by atoms with van der Waals surface area (Å²) in [5, 5.41) is 2.71. The van der Waals surface area contributed by atoms with Crippen molar-refractivity contribution in [2.75, 3.05) is 29.9 Å². The normalized spacial score (nSPS) is 21.2. The van der Waals surface area contributed by atoms with Crippen LogP contribution in [0.2, 0.25) is 0 Å². The highest BCUT2D eigenvalue weighted by molar-refractivity contribution is 6.00. The molecule has 6 heteroatoms. The van der Waals surface area contributed by atoms with Crippen molar-refractivity contribution in [2.24, 2.45) is 5.92 Å². The molecule has 1 atom stereocenters. The third-order valence-electron chi connectivity index (χ3n) is 4.89. The third-order valence-corrected chi connectivity index (χ3v) is 4.89. The van der Waals surface area contributed by atoms with Crippen LogP contribution in [0.5, 0.6) is 0 Å². The van der Waals surface area contributed by atoms with Crippen LogP contribution in [0.15, 0.2) is 24.3 Å². The van der Waals surface area contributed by atoms with Gasteiger partial charge >= 0.3 is 0 Å². The van der Waals surface area contributed by atoms with E-state index in [2.05, 4.69) is 5.32 Å². The summed E-state index contributed by atoms with van der Waals surface area (Å²) in [6.45, 7) is 3.52. The first-order chi connectivity index (χ1) is 12.0. The second kappa shape index (κ2) is 7.68. The van der Waals surface area contributed by atoms with Crippen molar-refractivity contribution in [3.05, 3.63) is 24.3 Å². The number of hydrogen-bond acceptors (Lipinski definition) is 3. The average molecular weight is 343 g/mol. The fourth-order valence-corrected chi connectivity index (χ4v) is 3.60. The molecule has 25 heavy (non-hydrogen) atoms. The Morgan fingerprint density at radius 2 is 1.68 bits per heavy atom. The molecule has 0 aromatic heterocycles. The van der Waals surface area contributed by atoms with E-state index in [1.54, 1.807) is 17.0 Å². The SMILES string of the molecule is CC(=O)Nc1ccc(N2CC(C(=O)N3CCCCCC3)CC2=O)cc1. The van der Waals surface area contributed by atoms with Gasteiger partial charge in [-0.05, 0) is 37.1 Å². The first-order valence-corrected chi connectivity index (χ1v) is 9.01. The summed E-state index contributed by atoms with van der Waals surface area (Å²) in [5.41, 5.74) is 1.46. The van der Waals surface area contributed by atoms with Gasteiger partial charge in [0.25, 0.3) is 0 Å². The number of carbonyl (C=O) groups is 3. The van der Waals surface area contributed by atoms with E-state index in [0.29, 0.717) is 12.2 Å². The topological polar surface area (TPSA) is 69.7 Å². The van der Waals surface area contributed by atoms with E-state index < -0.39 is 0 Å². The molecule has 6 nitrogen and oxygen atoms in total. The Bertz CT molecular complexity index is 648. The van der Waals surface area contributed by atoms with Crippen LogP contribution in [0.3, 0.4) is 0 Å². The molecule has 0 saturated carbocycles. The summed E-state index contributed by atoms with van der Waals surface area (Å²) < 4.78 is 0. The smallest absolute Gasteiger partial charge is 0.228 e. The molecule has 1 N–H and O–H groups in total. The van der Waals surface area contributed by atoms with Crippen LogP contribution in [-0.4, -0.2) is 42.3 Å². The maximum atomic E-state index is 12.8. The van der Waals surface area contributed by atoms with Crippen molar-refractivity contribution < 1.29 is 14.4 Å². The molecule has 0 radical (unpaired) electrons. The number of nitrogens with zero attached hydrogens (tertiary/aromatic N) is 2. The summed E-state index contributed by atoms with van der Waals surface area (Å²) in [6.07, 6.45) is 4.75. The van der Waals surface area contributed by atoms with Gasteiger partial charge in [-0.25, -0.2) is 0 Å². The molecule has 1 unspecified atom stereocenters. The van der Waals surface area contributed by atoms with E-state index >= 15 is 0 Å².